The molecule has 6 heteroatoms. The van der Waals surface area contributed by atoms with Crippen LogP contribution in [0.3, 0.4) is 0 Å². The molecule has 4 nitrogen and oxygen atoms in total. The van der Waals surface area contributed by atoms with Gasteiger partial charge in [-0.15, -0.1) is 11.3 Å². The van der Waals surface area contributed by atoms with Gasteiger partial charge in [-0.2, -0.15) is 5.26 Å². The standard InChI is InChI=1S/C15H11ClN2O2S/c1-20-12-4-2-11(3-5-12)18-15(19)10(9-17)8-13-6-7-14(16)21-13/h2-8H,1H3,(H,18,19)/b10-8-. The van der Waals surface area contributed by atoms with Gasteiger partial charge in [-0.3, -0.25) is 4.79 Å². The number of halogens is 1. The van der Waals surface area contributed by atoms with Crippen molar-refractivity contribution in [1.82, 2.24) is 0 Å². The minimum Gasteiger partial charge on any atom is -0.497 e. The molecule has 0 unspecified atom stereocenters. The SMILES string of the molecule is COc1ccc(NC(=O)/C(C#N)=C\c2ccc(Cl)s2)cc1. The summed E-state index contributed by atoms with van der Waals surface area (Å²) >= 11 is 7.12. The van der Waals surface area contributed by atoms with Crippen LogP contribution in [0.25, 0.3) is 6.08 Å². The van der Waals surface area contributed by atoms with E-state index in [2.05, 4.69) is 5.32 Å². The number of hydrogen-bond donors (Lipinski definition) is 1. The zero-order valence-electron chi connectivity index (χ0n) is 11.1. The minimum absolute atomic E-state index is 0.0179. The lowest BCUT2D eigenvalue weighted by Gasteiger charge is -2.05. The summed E-state index contributed by atoms with van der Waals surface area (Å²) < 4.78 is 5.64. The average Bonchev–Trinajstić information content (AvgIpc) is 2.90. The third kappa shape index (κ3) is 4.09. The molecule has 1 aromatic heterocycles. The molecule has 0 spiro atoms. The van der Waals surface area contributed by atoms with E-state index in [-0.39, 0.29) is 5.57 Å². The summed E-state index contributed by atoms with van der Waals surface area (Å²) in [5, 5.41) is 11.8. The van der Waals surface area contributed by atoms with Gasteiger partial charge in [0.15, 0.2) is 0 Å². The van der Waals surface area contributed by atoms with Gasteiger partial charge < -0.3 is 10.1 Å². The van der Waals surface area contributed by atoms with Gasteiger partial charge in [0.2, 0.25) is 0 Å². The molecule has 1 amide bonds. The Balaban J connectivity index is 2.13. The fourth-order valence-electron chi connectivity index (χ4n) is 1.57. The topological polar surface area (TPSA) is 62.1 Å². The number of carbonyl (C=O) groups is 1. The molecule has 21 heavy (non-hydrogen) atoms. The quantitative estimate of drug-likeness (QED) is 0.685. The van der Waals surface area contributed by atoms with Crippen LogP contribution in [0.1, 0.15) is 4.88 Å². The molecule has 0 saturated heterocycles. The summed E-state index contributed by atoms with van der Waals surface area (Å²) in [6.45, 7) is 0. The highest BCUT2D eigenvalue weighted by molar-refractivity contribution is 7.17. The third-order valence-electron chi connectivity index (χ3n) is 2.59. The van der Waals surface area contributed by atoms with Gasteiger partial charge in [0, 0.05) is 10.6 Å². The van der Waals surface area contributed by atoms with Crippen molar-refractivity contribution in [2.45, 2.75) is 0 Å². The molecular formula is C15H11ClN2O2S. The maximum atomic E-state index is 12.0. The van der Waals surface area contributed by atoms with Crippen molar-refractivity contribution >= 4 is 40.6 Å². The van der Waals surface area contributed by atoms with Crippen molar-refractivity contribution in [1.29, 1.82) is 5.26 Å². The second-order valence-corrected chi connectivity index (χ2v) is 5.74. The van der Waals surface area contributed by atoms with Crippen LogP contribution in [0, 0.1) is 11.3 Å². The molecule has 0 fully saturated rings. The van der Waals surface area contributed by atoms with Crippen LogP contribution in [-0.2, 0) is 4.79 Å². The molecule has 2 aromatic rings. The van der Waals surface area contributed by atoms with Gasteiger partial charge in [0.25, 0.3) is 5.91 Å². The predicted octanol–water partition coefficient (Wildman–Crippen LogP) is 3.96. The largest absolute Gasteiger partial charge is 0.497 e. The maximum absolute atomic E-state index is 12.0. The van der Waals surface area contributed by atoms with Gasteiger partial charge in [0.1, 0.15) is 17.4 Å². The zero-order valence-corrected chi connectivity index (χ0v) is 12.7. The molecule has 1 N–H and O–H groups in total. The van der Waals surface area contributed by atoms with Gasteiger partial charge in [-0.05, 0) is 42.5 Å². The number of nitrogens with zero attached hydrogens (tertiary/aromatic N) is 1. The summed E-state index contributed by atoms with van der Waals surface area (Å²) in [4.78, 5) is 12.8. The van der Waals surface area contributed by atoms with Gasteiger partial charge in [0.05, 0.1) is 11.4 Å². The van der Waals surface area contributed by atoms with E-state index in [1.807, 2.05) is 6.07 Å². The Kier molecular flexibility index (Phi) is 4.99. The number of hydrogen-bond acceptors (Lipinski definition) is 4. The van der Waals surface area contributed by atoms with Gasteiger partial charge in [-0.25, -0.2) is 0 Å². The van der Waals surface area contributed by atoms with Crippen molar-refractivity contribution < 1.29 is 9.53 Å². The van der Waals surface area contributed by atoms with Crippen LogP contribution in [0.5, 0.6) is 5.75 Å². The number of rotatable bonds is 4. The Morgan fingerprint density at radius 1 is 1.33 bits per heavy atom. The first-order chi connectivity index (χ1) is 10.1. The smallest absolute Gasteiger partial charge is 0.266 e. The Morgan fingerprint density at radius 2 is 2.05 bits per heavy atom. The minimum atomic E-state index is -0.466. The van der Waals surface area contributed by atoms with Crippen molar-refractivity contribution in [2.75, 3.05) is 12.4 Å². The molecule has 2 rings (SSSR count). The predicted molar refractivity (Wildman–Crippen MR) is 84.5 cm³/mol. The van der Waals surface area contributed by atoms with Crippen molar-refractivity contribution in [3.63, 3.8) is 0 Å². The lowest BCUT2D eigenvalue weighted by molar-refractivity contribution is -0.112. The highest BCUT2D eigenvalue weighted by atomic mass is 35.5. The summed E-state index contributed by atoms with van der Waals surface area (Å²) in [6, 6.07) is 12.2. The molecule has 1 heterocycles. The number of nitriles is 1. The summed E-state index contributed by atoms with van der Waals surface area (Å²) in [7, 11) is 1.57. The van der Waals surface area contributed by atoms with Gasteiger partial charge >= 0.3 is 0 Å². The van der Waals surface area contributed by atoms with Crippen LogP contribution in [0.15, 0.2) is 42.0 Å². The van der Waals surface area contributed by atoms with E-state index in [0.29, 0.717) is 15.8 Å². The first-order valence-electron chi connectivity index (χ1n) is 5.95. The summed E-state index contributed by atoms with van der Waals surface area (Å²) in [5.74, 6) is 0.226. The molecule has 106 valence electrons. The summed E-state index contributed by atoms with van der Waals surface area (Å²) in [5.41, 5.74) is 0.607. The fraction of sp³-hybridized carbons (Fsp3) is 0.0667. The monoisotopic (exact) mass is 318 g/mol. The third-order valence-corrected chi connectivity index (χ3v) is 3.77. The molecule has 0 bridgehead atoms. The van der Waals surface area contributed by atoms with Crippen LogP contribution in [0.4, 0.5) is 5.69 Å². The van der Waals surface area contributed by atoms with E-state index < -0.39 is 5.91 Å². The lowest BCUT2D eigenvalue weighted by Crippen LogP contribution is -2.13. The van der Waals surface area contributed by atoms with E-state index in [1.54, 1.807) is 43.5 Å². The lowest BCUT2D eigenvalue weighted by atomic mass is 10.2. The average molecular weight is 319 g/mol. The zero-order chi connectivity index (χ0) is 15.2. The van der Waals surface area contributed by atoms with E-state index in [0.717, 1.165) is 4.88 Å². The Morgan fingerprint density at radius 3 is 2.57 bits per heavy atom. The molecule has 0 aliphatic rings. The van der Waals surface area contributed by atoms with Crippen LogP contribution in [-0.4, -0.2) is 13.0 Å². The number of ether oxygens (including phenoxy) is 1. The van der Waals surface area contributed by atoms with Crippen LogP contribution >= 0.6 is 22.9 Å². The molecule has 0 aliphatic heterocycles. The highest BCUT2D eigenvalue weighted by Crippen LogP contribution is 2.24. The first kappa shape index (κ1) is 15.1. The molecule has 1 aromatic carbocycles. The highest BCUT2D eigenvalue weighted by Gasteiger charge is 2.10. The Hall–Kier alpha value is -2.29. The molecule has 0 radical (unpaired) electrons. The number of carbonyl (C=O) groups excluding carboxylic acids is 1. The summed E-state index contributed by atoms with van der Waals surface area (Å²) in [6.07, 6.45) is 1.51. The fourth-order valence-corrected chi connectivity index (χ4v) is 2.57. The number of amides is 1. The van der Waals surface area contributed by atoms with E-state index in [4.69, 9.17) is 21.6 Å². The molecular weight excluding hydrogens is 308 g/mol. The number of thiophene rings is 1. The van der Waals surface area contributed by atoms with Gasteiger partial charge in [-0.1, -0.05) is 11.6 Å². The molecule has 0 atom stereocenters. The van der Waals surface area contributed by atoms with E-state index in [1.165, 1.54) is 17.4 Å². The van der Waals surface area contributed by atoms with Crippen molar-refractivity contribution in [3.8, 4) is 11.8 Å². The normalized spacial score (nSPS) is 10.8. The Bertz CT molecular complexity index is 714. The second-order valence-electron chi connectivity index (χ2n) is 3.99. The Labute approximate surface area is 131 Å². The number of benzene rings is 1. The number of nitrogens with one attached hydrogen (secondary N) is 1. The van der Waals surface area contributed by atoms with Crippen molar-refractivity contribution in [3.05, 3.63) is 51.2 Å². The first-order valence-corrected chi connectivity index (χ1v) is 7.14. The maximum Gasteiger partial charge on any atom is 0.266 e. The van der Waals surface area contributed by atoms with Crippen LogP contribution in [0.2, 0.25) is 4.34 Å². The van der Waals surface area contributed by atoms with E-state index in [9.17, 15) is 4.79 Å². The van der Waals surface area contributed by atoms with Crippen molar-refractivity contribution in [2.24, 2.45) is 0 Å². The number of anilines is 1. The molecule has 0 saturated carbocycles. The van der Waals surface area contributed by atoms with E-state index >= 15 is 0 Å². The van der Waals surface area contributed by atoms with Crippen LogP contribution < -0.4 is 10.1 Å². The number of methoxy groups -OCH3 is 1. The molecule has 0 aliphatic carbocycles. The second kappa shape index (κ2) is 6.93.